The predicted molar refractivity (Wildman–Crippen MR) is 70.9 cm³/mol. The fraction of sp³-hybridized carbons (Fsp3) is 0.462. The average Bonchev–Trinajstić information content (AvgIpc) is 2.34. The van der Waals surface area contributed by atoms with Crippen LogP contribution in [0.15, 0.2) is 18.2 Å². The van der Waals surface area contributed by atoms with E-state index in [-0.39, 0.29) is 12.4 Å². The summed E-state index contributed by atoms with van der Waals surface area (Å²) in [7, 11) is 0. The maximum absolute atomic E-state index is 13.8. The molecule has 0 unspecified atom stereocenters. The fourth-order valence-corrected chi connectivity index (χ4v) is 1.82. The zero-order valence-corrected chi connectivity index (χ0v) is 10.9. The predicted octanol–water partition coefficient (Wildman–Crippen LogP) is 1.25. The van der Waals surface area contributed by atoms with Crippen LogP contribution in [0.4, 0.5) is 10.1 Å². The van der Waals surface area contributed by atoms with Crippen LogP contribution in [0.25, 0.3) is 0 Å². The van der Waals surface area contributed by atoms with Crippen molar-refractivity contribution in [1.82, 2.24) is 5.32 Å². The summed E-state index contributed by atoms with van der Waals surface area (Å²) in [5.41, 5.74) is 6.50. The number of nitrogens with zero attached hydrogens (tertiary/aromatic N) is 1. The Bertz CT molecular complexity index is 409. The molecule has 0 atom stereocenters. The van der Waals surface area contributed by atoms with E-state index in [1.807, 2.05) is 19.9 Å². The van der Waals surface area contributed by atoms with E-state index in [0.29, 0.717) is 18.7 Å². The Kier molecular flexibility index (Phi) is 5.58. The Morgan fingerprint density at radius 1 is 1.44 bits per heavy atom. The van der Waals surface area contributed by atoms with Crippen LogP contribution in [-0.4, -0.2) is 25.5 Å². The van der Waals surface area contributed by atoms with Gasteiger partial charge in [0.25, 0.3) is 0 Å². The standard InChI is InChI=1S/C13H20FN3O/c1-3-16-8-10-11(14)6-5-7-12(10)17(4-2)9-13(15)18/h5-7,16H,3-4,8-9H2,1-2H3,(H2,15,18). The number of hydrogen-bond acceptors (Lipinski definition) is 3. The fourth-order valence-electron chi connectivity index (χ4n) is 1.82. The lowest BCUT2D eigenvalue weighted by Crippen LogP contribution is -2.34. The van der Waals surface area contributed by atoms with Crippen LogP contribution in [0.2, 0.25) is 0 Å². The Morgan fingerprint density at radius 3 is 2.72 bits per heavy atom. The smallest absolute Gasteiger partial charge is 0.236 e. The lowest BCUT2D eigenvalue weighted by atomic mass is 10.1. The lowest BCUT2D eigenvalue weighted by Gasteiger charge is -2.24. The zero-order chi connectivity index (χ0) is 13.5. The van der Waals surface area contributed by atoms with E-state index in [0.717, 1.165) is 12.2 Å². The number of amides is 1. The highest BCUT2D eigenvalue weighted by Crippen LogP contribution is 2.23. The van der Waals surface area contributed by atoms with Crippen molar-refractivity contribution < 1.29 is 9.18 Å². The minimum Gasteiger partial charge on any atom is -0.368 e. The molecule has 18 heavy (non-hydrogen) atoms. The average molecular weight is 253 g/mol. The molecule has 1 amide bonds. The van der Waals surface area contributed by atoms with Gasteiger partial charge in [0.1, 0.15) is 5.82 Å². The molecule has 3 N–H and O–H groups in total. The first-order chi connectivity index (χ1) is 8.60. The molecule has 0 aromatic heterocycles. The second-order valence-electron chi connectivity index (χ2n) is 4.00. The quantitative estimate of drug-likeness (QED) is 0.769. The van der Waals surface area contributed by atoms with Crippen LogP contribution in [0.5, 0.6) is 0 Å². The summed E-state index contributed by atoms with van der Waals surface area (Å²) in [6.45, 7) is 5.76. The van der Waals surface area contributed by atoms with Crippen molar-refractivity contribution in [3.63, 3.8) is 0 Å². The van der Waals surface area contributed by atoms with Crippen molar-refractivity contribution in [3.8, 4) is 0 Å². The first kappa shape index (κ1) is 14.4. The Balaban J connectivity index is 3.04. The first-order valence-corrected chi connectivity index (χ1v) is 6.11. The van der Waals surface area contributed by atoms with Crippen molar-refractivity contribution in [1.29, 1.82) is 0 Å². The summed E-state index contributed by atoms with van der Waals surface area (Å²) in [5.74, 6) is -0.688. The molecule has 1 rings (SSSR count). The number of halogens is 1. The summed E-state index contributed by atoms with van der Waals surface area (Å²) in [4.78, 5) is 12.8. The number of primary amides is 1. The van der Waals surface area contributed by atoms with E-state index in [9.17, 15) is 9.18 Å². The third-order valence-corrected chi connectivity index (χ3v) is 2.72. The Hall–Kier alpha value is -1.62. The Morgan fingerprint density at radius 2 is 2.17 bits per heavy atom. The summed E-state index contributed by atoms with van der Waals surface area (Å²) < 4.78 is 13.8. The summed E-state index contributed by atoms with van der Waals surface area (Å²) >= 11 is 0. The van der Waals surface area contributed by atoms with E-state index in [2.05, 4.69) is 5.32 Å². The summed E-state index contributed by atoms with van der Waals surface area (Å²) in [6, 6.07) is 4.88. The molecule has 0 aliphatic heterocycles. The normalized spacial score (nSPS) is 10.4. The molecule has 0 spiro atoms. The van der Waals surface area contributed by atoms with Crippen molar-refractivity contribution in [2.75, 3.05) is 24.5 Å². The Labute approximate surface area is 107 Å². The van der Waals surface area contributed by atoms with Gasteiger partial charge in [0, 0.05) is 24.3 Å². The van der Waals surface area contributed by atoms with E-state index >= 15 is 0 Å². The van der Waals surface area contributed by atoms with Crippen molar-refractivity contribution in [2.24, 2.45) is 5.73 Å². The van der Waals surface area contributed by atoms with Gasteiger partial charge in [-0.2, -0.15) is 0 Å². The number of carbonyl (C=O) groups is 1. The summed E-state index contributed by atoms with van der Waals surface area (Å²) in [6.07, 6.45) is 0. The lowest BCUT2D eigenvalue weighted by molar-refractivity contribution is -0.116. The molecule has 0 heterocycles. The third kappa shape index (κ3) is 3.70. The number of likely N-dealkylation sites (N-methyl/N-ethyl adjacent to an activating group) is 1. The van der Waals surface area contributed by atoms with Gasteiger partial charge in [0.2, 0.25) is 5.91 Å². The minimum atomic E-state index is -0.421. The number of nitrogens with one attached hydrogen (secondary N) is 1. The zero-order valence-electron chi connectivity index (χ0n) is 10.9. The van der Waals surface area contributed by atoms with Crippen LogP contribution in [0.3, 0.4) is 0 Å². The van der Waals surface area contributed by atoms with Gasteiger partial charge < -0.3 is 16.0 Å². The van der Waals surface area contributed by atoms with Crippen LogP contribution >= 0.6 is 0 Å². The molecule has 0 fully saturated rings. The second kappa shape index (κ2) is 6.96. The molecule has 1 aromatic carbocycles. The molecule has 0 saturated carbocycles. The van der Waals surface area contributed by atoms with Gasteiger partial charge in [-0.3, -0.25) is 4.79 Å². The SMILES string of the molecule is CCNCc1c(F)cccc1N(CC)CC(N)=O. The molecule has 0 aliphatic rings. The van der Waals surface area contributed by atoms with Gasteiger partial charge >= 0.3 is 0 Å². The molecular formula is C13H20FN3O. The van der Waals surface area contributed by atoms with E-state index in [1.165, 1.54) is 6.07 Å². The first-order valence-electron chi connectivity index (χ1n) is 6.11. The van der Waals surface area contributed by atoms with Gasteiger partial charge in [0.05, 0.1) is 6.54 Å². The molecule has 0 saturated heterocycles. The van der Waals surface area contributed by atoms with E-state index < -0.39 is 5.91 Å². The van der Waals surface area contributed by atoms with E-state index in [4.69, 9.17) is 5.73 Å². The highest BCUT2D eigenvalue weighted by atomic mass is 19.1. The second-order valence-corrected chi connectivity index (χ2v) is 4.00. The molecule has 100 valence electrons. The number of rotatable bonds is 7. The molecule has 5 heteroatoms. The highest BCUT2D eigenvalue weighted by Gasteiger charge is 2.14. The molecule has 1 aromatic rings. The van der Waals surface area contributed by atoms with Gasteiger partial charge in [-0.1, -0.05) is 13.0 Å². The number of benzene rings is 1. The number of nitrogens with two attached hydrogens (primary N) is 1. The maximum atomic E-state index is 13.8. The molecule has 0 aliphatic carbocycles. The van der Waals surface area contributed by atoms with Gasteiger partial charge in [-0.05, 0) is 25.6 Å². The minimum absolute atomic E-state index is 0.0963. The monoisotopic (exact) mass is 253 g/mol. The van der Waals surface area contributed by atoms with Crippen molar-refractivity contribution in [2.45, 2.75) is 20.4 Å². The van der Waals surface area contributed by atoms with Crippen LogP contribution in [-0.2, 0) is 11.3 Å². The van der Waals surface area contributed by atoms with Gasteiger partial charge in [-0.15, -0.1) is 0 Å². The number of carbonyl (C=O) groups excluding carboxylic acids is 1. The highest BCUT2D eigenvalue weighted by molar-refractivity contribution is 5.80. The summed E-state index contributed by atoms with van der Waals surface area (Å²) in [5, 5.41) is 3.10. The number of hydrogen-bond donors (Lipinski definition) is 2. The largest absolute Gasteiger partial charge is 0.368 e. The third-order valence-electron chi connectivity index (χ3n) is 2.72. The van der Waals surface area contributed by atoms with E-state index in [1.54, 1.807) is 11.0 Å². The molecular weight excluding hydrogens is 233 g/mol. The van der Waals surface area contributed by atoms with Crippen LogP contribution in [0, 0.1) is 5.82 Å². The van der Waals surface area contributed by atoms with Crippen molar-refractivity contribution >= 4 is 11.6 Å². The van der Waals surface area contributed by atoms with Crippen LogP contribution in [0.1, 0.15) is 19.4 Å². The van der Waals surface area contributed by atoms with Gasteiger partial charge in [-0.25, -0.2) is 4.39 Å². The van der Waals surface area contributed by atoms with Crippen LogP contribution < -0.4 is 16.0 Å². The number of anilines is 1. The molecule has 0 bridgehead atoms. The van der Waals surface area contributed by atoms with Gasteiger partial charge in [0.15, 0.2) is 0 Å². The molecule has 4 nitrogen and oxygen atoms in total. The maximum Gasteiger partial charge on any atom is 0.236 e. The van der Waals surface area contributed by atoms with Crippen molar-refractivity contribution in [3.05, 3.63) is 29.6 Å². The topological polar surface area (TPSA) is 58.4 Å². The molecule has 0 radical (unpaired) electrons.